The predicted octanol–water partition coefficient (Wildman–Crippen LogP) is 4.88. The number of halogens is 6. The second kappa shape index (κ2) is 8.22. The highest BCUT2D eigenvalue weighted by atomic mass is 19.4. The van der Waals surface area contributed by atoms with Gasteiger partial charge in [0.1, 0.15) is 12.4 Å². The molecule has 0 atom stereocenters. The first-order valence-electron chi connectivity index (χ1n) is 9.36. The predicted molar refractivity (Wildman–Crippen MR) is 105 cm³/mol. The molecule has 3 aromatic heterocycles. The van der Waals surface area contributed by atoms with Gasteiger partial charge in [0.2, 0.25) is 0 Å². The number of fused-ring (bicyclic) bond motifs is 1. The van der Waals surface area contributed by atoms with E-state index in [-0.39, 0.29) is 28.4 Å². The zero-order chi connectivity index (χ0) is 23.9. The van der Waals surface area contributed by atoms with Crippen LogP contribution in [0.5, 0.6) is 0 Å². The lowest BCUT2D eigenvalue weighted by Crippen LogP contribution is -2.11. The Bertz CT molecular complexity index is 1320. The monoisotopic (exact) mass is 468 g/mol. The molecule has 33 heavy (non-hydrogen) atoms. The number of aromatic nitrogens is 5. The van der Waals surface area contributed by atoms with Crippen molar-refractivity contribution in [1.82, 2.24) is 24.1 Å². The largest absolute Gasteiger partial charge is 0.435 e. The fourth-order valence-electron chi connectivity index (χ4n) is 3.37. The van der Waals surface area contributed by atoms with Crippen molar-refractivity contribution in [3.05, 3.63) is 59.6 Å². The van der Waals surface area contributed by atoms with Gasteiger partial charge >= 0.3 is 6.18 Å². The summed E-state index contributed by atoms with van der Waals surface area (Å²) in [4.78, 5) is 19.2. The number of carbonyl (C=O) groups excluding carboxylic acids is 1. The standard InChI is InChI=1S/C20H14F6N6O/c1-10-4-11(5-14(21)13(10)9-33)29-18-19-28-6-15(32(19)3-2-27-18)12-7-31(8-16(22)23)30-17(12)20(24,25)26/h2-7,9,16H,8H2,1H3,(H,27,29). The van der Waals surface area contributed by atoms with E-state index in [1.54, 1.807) is 0 Å². The van der Waals surface area contributed by atoms with Crippen LogP contribution < -0.4 is 5.32 Å². The third-order valence-electron chi connectivity index (χ3n) is 4.78. The molecule has 1 N–H and O–H groups in total. The van der Waals surface area contributed by atoms with Crippen molar-refractivity contribution in [3.63, 3.8) is 0 Å². The van der Waals surface area contributed by atoms with Crippen LogP contribution in [-0.4, -0.2) is 36.9 Å². The maximum Gasteiger partial charge on any atom is 0.435 e. The Morgan fingerprint density at radius 2 is 1.97 bits per heavy atom. The van der Waals surface area contributed by atoms with E-state index in [2.05, 4.69) is 20.4 Å². The lowest BCUT2D eigenvalue weighted by molar-refractivity contribution is -0.141. The van der Waals surface area contributed by atoms with Gasteiger partial charge in [0.05, 0.1) is 23.0 Å². The number of hydrogen-bond donors (Lipinski definition) is 1. The summed E-state index contributed by atoms with van der Waals surface area (Å²) in [7, 11) is 0. The Kier molecular flexibility index (Phi) is 5.56. The van der Waals surface area contributed by atoms with E-state index < -0.39 is 36.2 Å². The topological polar surface area (TPSA) is 77.1 Å². The second-order valence-corrected chi connectivity index (χ2v) is 7.05. The van der Waals surface area contributed by atoms with Crippen molar-refractivity contribution in [2.24, 2.45) is 0 Å². The fraction of sp³-hybridized carbons (Fsp3) is 0.200. The highest BCUT2D eigenvalue weighted by molar-refractivity contribution is 5.80. The number of hydrogen-bond acceptors (Lipinski definition) is 5. The summed E-state index contributed by atoms with van der Waals surface area (Å²) >= 11 is 0. The maximum absolute atomic E-state index is 14.1. The van der Waals surface area contributed by atoms with Crippen LogP contribution in [-0.2, 0) is 12.7 Å². The van der Waals surface area contributed by atoms with E-state index in [1.165, 1.54) is 29.8 Å². The number of nitrogens with zero attached hydrogens (tertiary/aromatic N) is 5. The highest BCUT2D eigenvalue weighted by Gasteiger charge is 2.38. The van der Waals surface area contributed by atoms with Crippen molar-refractivity contribution in [2.45, 2.75) is 26.1 Å². The minimum atomic E-state index is -4.89. The molecule has 13 heteroatoms. The molecular formula is C20H14F6N6O. The smallest absolute Gasteiger partial charge is 0.337 e. The molecule has 1 aromatic carbocycles. The number of alkyl halides is 5. The second-order valence-electron chi connectivity index (χ2n) is 7.05. The van der Waals surface area contributed by atoms with Crippen LogP contribution >= 0.6 is 0 Å². The zero-order valence-electron chi connectivity index (χ0n) is 16.7. The lowest BCUT2D eigenvalue weighted by Gasteiger charge is -2.10. The van der Waals surface area contributed by atoms with Gasteiger partial charge in [0.15, 0.2) is 23.4 Å². The molecule has 0 fully saturated rings. The zero-order valence-corrected chi connectivity index (χ0v) is 16.7. The molecule has 0 spiro atoms. The van der Waals surface area contributed by atoms with Gasteiger partial charge in [-0.2, -0.15) is 18.3 Å². The van der Waals surface area contributed by atoms with Gasteiger partial charge in [-0.3, -0.25) is 13.9 Å². The van der Waals surface area contributed by atoms with Gasteiger partial charge in [0.25, 0.3) is 6.43 Å². The molecule has 4 rings (SSSR count). The van der Waals surface area contributed by atoms with Crippen molar-refractivity contribution in [2.75, 3.05) is 5.32 Å². The van der Waals surface area contributed by atoms with E-state index >= 15 is 0 Å². The molecule has 0 saturated heterocycles. The molecule has 172 valence electrons. The van der Waals surface area contributed by atoms with Crippen LogP contribution in [0.15, 0.2) is 36.9 Å². The van der Waals surface area contributed by atoms with Crippen LogP contribution in [0.4, 0.5) is 37.8 Å². The minimum Gasteiger partial charge on any atom is -0.337 e. The van der Waals surface area contributed by atoms with Gasteiger partial charge in [0, 0.05) is 24.3 Å². The molecule has 0 bridgehead atoms. The van der Waals surface area contributed by atoms with E-state index in [0.717, 1.165) is 18.5 Å². The van der Waals surface area contributed by atoms with Gasteiger partial charge in [-0.05, 0) is 24.6 Å². The Labute approximate surface area is 181 Å². The van der Waals surface area contributed by atoms with Crippen LogP contribution in [0, 0.1) is 12.7 Å². The van der Waals surface area contributed by atoms with E-state index in [0.29, 0.717) is 16.5 Å². The van der Waals surface area contributed by atoms with Crippen LogP contribution in [0.3, 0.4) is 0 Å². The summed E-state index contributed by atoms with van der Waals surface area (Å²) in [5.41, 5.74) is -1.23. The molecular weight excluding hydrogens is 454 g/mol. The maximum atomic E-state index is 14.1. The number of rotatable bonds is 6. The van der Waals surface area contributed by atoms with Crippen LogP contribution in [0.25, 0.3) is 16.9 Å². The fourth-order valence-corrected chi connectivity index (χ4v) is 3.37. The summed E-state index contributed by atoms with van der Waals surface area (Å²) in [5.74, 6) is -0.667. The molecule has 0 amide bonds. The third kappa shape index (κ3) is 4.25. The summed E-state index contributed by atoms with van der Waals surface area (Å²) < 4.78 is 81.9. The van der Waals surface area contributed by atoms with Crippen LogP contribution in [0.1, 0.15) is 21.6 Å². The Morgan fingerprint density at radius 3 is 2.61 bits per heavy atom. The number of anilines is 2. The average molecular weight is 468 g/mol. The van der Waals surface area contributed by atoms with Crippen molar-refractivity contribution in [1.29, 1.82) is 0 Å². The first-order valence-corrected chi connectivity index (χ1v) is 9.36. The van der Waals surface area contributed by atoms with Gasteiger partial charge in [-0.15, -0.1) is 0 Å². The number of aldehydes is 1. The minimum absolute atomic E-state index is 0.0537. The highest BCUT2D eigenvalue weighted by Crippen LogP contribution is 2.37. The van der Waals surface area contributed by atoms with Crippen molar-refractivity contribution in [3.8, 4) is 11.3 Å². The summed E-state index contributed by atoms with van der Waals surface area (Å²) in [6.07, 6.45) is -2.77. The van der Waals surface area contributed by atoms with E-state index in [1.807, 2.05) is 0 Å². The van der Waals surface area contributed by atoms with Crippen molar-refractivity contribution < 1.29 is 31.1 Å². The normalized spacial score (nSPS) is 12.0. The molecule has 0 aliphatic carbocycles. The third-order valence-corrected chi connectivity index (χ3v) is 4.78. The lowest BCUT2D eigenvalue weighted by atomic mass is 10.1. The summed E-state index contributed by atoms with van der Waals surface area (Å²) in [5, 5.41) is 6.11. The number of imidazole rings is 1. The van der Waals surface area contributed by atoms with Crippen molar-refractivity contribution >= 4 is 23.4 Å². The quantitative estimate of drug-likeness (QED) is 0.323. The average Bonchev–Trinajstić information content (AvgIpc) is 3.31. The first-order chi connectivity index (χ1) is 15.6. The molecule has 0 unspecified atom stereocenters. The molecule has 0 aliphatic heterocycles. The molecule has 7 nitrogen and oxygen atoms in total. The number of nitrogens with one attached hydrogen (secondary N) is 1. The molecule has 0 aliphatic rings. The summed E-state index contributed by atoms with van der Waals surface area (Å²) in [6.45, 7) is 0.533. The summed E-state index contributed by atoms with van der Waals surface area (Å²) in [6, 6.07) is 2.57. The first kappa shape index (κ1) is 22.3. The Hall–Kier alpha value is -3.90. The molecule has 3 heterocycles. The van der Waals surface area contributed by atoms with Gasteiger partial charge in [-0.1, -0.05) is 0 Å². The number of aryl methyl sites for hydroxylation is 1. The van der Waals surface area contributed by atoms with E-state index in [4.69, 9.17) is 0 Å². The number of benzene rings is 1. The SMILES string of the molecule is Cc1cc(Nc2nccn3c(-c4cn(CC(F)F)nc4C(F)(F)F)cnc23)cc(F)c1C=O. The van der Waals surface area contributed by atoms with Gasteiger partial charge in [-0.25, -0.2) is 23.1 Å². The molecule has 4 aromatic rings. The van der Waals surface area contributed by atoms with Crippen LogP contribution in [0.2, 0.25) is 0 Å². The Balaban J connectivity index is 1.79. The van der Waals surface area contributed by atoms with Gasteiger partial charge < -0.3 is 5.32 Å². The molecule has 0 radical (unpaired) electrons. The number of carbonyl (C=O) groups is 1. The van der Waals surface area contributed by atoms with E-state index in [9.17, 15) is 31.1 Å². The molecule has 0 saturated carbocycles. The Morgan fingerprint density at radius 1 is 1.21 bits per heavy atom.